The highest BCUT2D eigenvalue weighted by atomic mass is 16.5. The zero-order valence-electron chi connectivity index (χ0n) is 10.5. The van der Waals surface area contributed by atoms with Crippen LogP contribution in [-0.4, -0.2) is 10.8 Å². The number of carbonyl (C=O) groups is 1. The Bertz CT molecular complexity index is 706. The molecule has 2 aromatic carbocycles. The van der Waals surface area contributed by atoms with Gasteiger partial charge in [0.05, 0.1) is 6.20 Å². The predicted molar refractivity (Wildman–Crippen MR) is 72.9 cm³/mol. The van der Waals surface area contributed by atoms with Crippen molar-refractivity contribution in [2.45, 2.75) is 0 Å². The Morgan fingerprint density at radius 1 is 1.00 bits per heavy atom. The van der Waals surface area contributed by atoms with Gasteiger partial charge in [0.1, 0.15) is 17.8 Å². The molecule has 1 aromatic heterocycles. The van der Waals surface area contributed by atoms with Crippen LogP contribution in [0.5, 0.6) is 11.5 Å². The van der Waals surface area contributed by atoms with Crippen LogP contribution in [0, 0.1) is 0 Å². The second-order valence-corrected chi connectivity index (χ2v) is 4.11. The summed E-state index contributed by atoms with van der Waals surface area (Å²) in [6.07, 6.45) is 2.81. The maximum Gasteiger partial charge on any atom is 0.268 e. The second-order valence-electron chi connectivity index (χ2n) is 4.11. The van der Waals surface area contributed by atoms with Crippen molar-refractivity contribution in [3.8, 4) is 11.5 Å². The molecule has 4 nitrogen and oxygen atoms in total. The summed E-state index contributed by atoms with van der Waals surface area (Å²) < 4.78 is 10.7. The Kier molecular flexibility index (Phi) is 3.29. The molecule has 3 aromatic rings. The molecule has 0 spiro atoms. The zero-order valence-corrected chi connectivity index (χ0v) is 10.5. The first kappa shape index (κ1) is 12.2. The van der Waals surface area contributed by atoms with E-state index in [1.165, 1.54) is 12.5 Å². The fraction of sp³-hybridized carbons (Fsp3) is 0. The standard InChI is InChI=1S/C16H11NO3/c18-15(16-17-9-10-19-16)12-5-4-8-14(11-12)20-13-6-2-1-3-7-13/h1-11H. The van der Waals surface area contributed by atoms with Gasteiger partial charge in [-0.05, 0) is 24.3 Å². The quantitative estimate of drug-likeness (QED) is 0.675. The van der Waals surface area contributed by atoms with Gasteiger partial charge >= 0.3 is 0 Å². The molecule has 0 aliphatic rings. The molecular weight excluding hydrogens is 254 g/mol. The summed E-state index contributed by atoms with van der Waals surface area (Å²) in [7, 11) is 0. The van der Waals surface area contributed by atoms with Crippen LogP contribution in [0.15, 0.2) is 71.5 Å². The lowest BCUT2D eigenvalue weighted by molar-refractivity contribution is 0.100. The van der Waals surface area contributed by atoms with Crippen LogP contribution in [0.4, 0.5) is 0 Å². The molecule has 0 aliphatic carbocycles. The Balaban J connectivity index is 1.85. The normalized spacial score (nSPS) is 10.2. The highest BCUT2D eigenvalue weighted by molar-refractivity contribution is 6.06. The van der Waals surface area contributed by atoms with E-state index in [-0.39, 0.29) is 11.7 Å². The molecule has 0 aliphatic heterocycles. The van der Waals surface area contributed by atoms with Crippen LogP contribution in [-0.2, 0) is 0 Å². The largest absolute Gasteiger partial charge is 0.457 e. The maximum atomic E-state index is 12.1. The third-order valence-electron chi connectivity index (χ3n) is 2.70. The van der Waals surface area contributed by atoms with Crippen molar-refractivity contribution in [3.05, 3.63) is 78.5 Å². The molecule has 0 unspecified atom stereocenters. The molecule has 4 heteroatoms. The summed E-state index contributed by atoms with van der Waals surface area (Å²) in [5, 5.41) is 0. The first-order chi connectivity index (χ1) is 9.83. The van der Waals surface area contributed by atoms with Crippen LogP contribution in [0.3, 0.4) is 0 Å². The number of ketones is 1. The number of aromatic nitrogens is 1. The van der Waals surface area contributed by atoms with Crippen molar-refractivity contribution >= 4 is 5.78 Å². The van der Waals surface area contributed by atoms with Crippen molar-refractivity contribution in [3.63, 3.8) is 0 Å². The van der Waals surface area contributed by atoms with Gasteiger partial charge in [0, 0.05) is 5.56 Å². The van der Waals surface area contributed by atoms with Gasteiger partial charge in [-0.1, -0.05) is 30.3 Å². The monoisotopic (exact) mass is 265 g/mol. The van der Waals surface area contributed by atoms with Gasteiger partial charge in [0.15, 0.2) is 0 Å². The molecular formula is C16H11NO3. The average Bonchev–Trinajstić information content (AvgIpc) is 3.02. The van der Waals surface area contributed by atoms with Gasteiger partial charge in [0.25, 0.3) is 5.89 Å². The first-order valence-electron chi connectivity index (χ1n) is 6.10. The van der Waals surface area contributed by atoms with E-state index in [0.29, 0.717) is 17.1 Å². The molecule has 98 valence electrons. The van der Waals surface area contributed by atoms with Gasteiger partial charge in [-0.25, -0.2) is 4.98 Å². The smallest absolute Gasteiger partial charge is 0.268 e. The number of oxazole rings is 1. The van der Waals surface area contributed by atoms with E-state index in [4.69, 9.17) is 9.15 Å². The fourth-order valence-electron chi connectivity index (χ4n) is 1.78. The third kappa shape index (κ3) is 2.59. The van der Waals surface area contributed by atoms with Gasteiger partial charge in [-0.2, -0.15) is 0 Å². The minimum absolute atomic E-state index is 0.0712. The van der Waals surface area contributed by atoms with Crippen LogP contribution in [0.2, 0.25) is 0 Å². The minimum Gasteiger partial charge on any atom is -0.457 e. The molecule has 0 amide bonds. The first-order valence-corrected chi connectivity index (χ1v) is 6.10. The van der Waals surface area contributed by atoms with Crippen molar-refractivity contribution in [2.75, 3.05) is 0 Å². The van der Waals surface area contributed by atoms with Crippen LogP contribution in [0.25, 0.3) is 0 Å². The number of rotatable bonds is 4. The Hall–Kier alpha value is -2.88. The van der Waals surface area contributed by atoms with E-state index in [1.54, 1.807) is 24.3 Å². The number of benzene rings is 2. The molecule has 0 atom stereocenters. The van der Waals surface area contributed by atoms with E-state index in [0.717, 1.165) is 0 Å². The molecule has 0 fully saturated rings. The van der Waals surface area contributed by atoms with Crippen molar-refractivity contribution in [1.29, 1.82) is 0 Å². The molecule has 0 bridgehead atoms. The van der Waals surface area contributed by atoms with E-state index >= 15 is 0 Å². The zero-order chi connectivity index (χ0) is 13.8. The van der Waals surface area contributed by atoms with Gasteiger partial charge < -0.3 is 9.15 Å². The number of ether oxygens (including phenoxy) is 1. The highest BCUT2D eigenvalue weighted by Gasteiger charge is 2.14. The lowest BCUT2D eigenvalue weighted by Crippen LogP contribution is -2.01. The van der Waals surface area contributed by atoms with Crippen LogP contribution < -0.4 is 4.74 Å². The molecule has 0 N–H and O–H groups in total. The average molecular weight is 265 g/mol. The second kappa shape index (κ2) is 5.40. The molecule has 0 saturated heterocycles. The number of nitrogens with zero attached hydrogens (tertiary/aromatic N) is 1. The minimum atomic E-state index is -0.270. The molecule has 1 heterocycles. The maximum absolute atomic E-state index is 12.1. The molecule has 20 heavy (non-hydrogen) atoms. The van der Waals surface area contributed by atoms with Gasteiger partial charge in [-0.3, -0.25) is 4.79 Å². The molecule has 0 radical (unpaired) electrons. The van der Waals surface area contributed by atoms with E-state index in [2.05, 4.69) is 4.98 Å². The number of hydrogen-bond acceptors (Lipinski definition) is 4. The van der Waals surface area contributed by atoms with E-state index < -0.39 is 0 Å². The van der Waals surface area contributed by atoms with Crippen LogP contribution >= 0.6 is 0 Å². The van der Waals surface area contributed by atoms with Gasteiger partial charge in [0.2, 0.25) is 5.78 Å². The summed E-state index contributed by atoms with van der Waals surface area (Å²) in [5.41, 5.74) is 0.473. The highest BCUT2D eigenvalue weighted by Crippen LogP contribution is 2.22. The fourth-order valence-corrected chi connectivity index (χ4v) is 1.78. The van der Waals surface area contributed by atoms with Crippen LogP contribution in [0.1, 0.15) is 16.2 Å². The Morgan fingerprint density at radius 2 is 1.80 bits per heavy atom. The lowest BCUT2D eigenvalue weighted by atomic mass is 10.1. The summed E-state index contributed by atoms with van der Waals surface area (Å²) in [5.74, 6) is 1.11. The van der Waals surface area contributed by atoms with E-state index in [9.17, 15) is 4.79 Å². The number of para-hydroxylation sites is 1. The van der Waals surface area contributed by atoms with Crippen molar-refractivity contribution in [1.82, 2.24) is 4.98 Å². The molecule has 0 saturated carbocycles. The third-order valence-corrected chi connectivity index (χ3v) is 2.70. The summed E-state index contributed by atoms with van der Waals surface area (Å²) in [4.78, 5) is 15.9. The Labute approximate surface area is 115 Å². The van der Waals surface area contributed by atoms with Gasteiger partial charge in [-0.15, -0.1) is 0 Å². The Morgan fingerprint density at radius 3 is 2.55 bits per heavy atom. The van der Waals surface area contributed by atoms with E-state index in [1.807, 2.05) is 30.3 Å². The molecule has 3 rings (SSSR count). The summed E-state index contributed by atoms with van der Waals surface area (Å²) in [6.45, 7) is 0. The summed E-state index contributed by atoms with van der Waals surface area (Å²) in [6, 6.07) is 16.3. The number of hydrogen-bond donors (Lipinski definition) is 0. The topological polar surface area (TPSA) is 52.3 Å². The predicted octanol–water partition coefficient (Wildman–Crippen LogP) is 3.70. The lowest BCUT2D eigenvalue weighted by Gasteiger charge is -2.06. The van der Waals surface area contributed by atoms with Crippen molar-refractivity contribution < 1.29 is 13.9 Å². The SMILES string of the molecule is O=C(c1cccc(Oc2ccccc2)c1)c1ncco1. The number of carbonyl (C=O) groups excluding carboxylic acids is 1. The summed E-state index contributed by atoms with van der Waals surface area (Å²) >= 11 is 0. The van der Waals surface area contributed by atoms with Crippen molar-refractivity contribution in [2.24, 2.45) is 0 Å².